The molecule has 5 aliphatic carbocycles. The topological polar surface area (TPSA) is 342 Å². The molecule has 21 heteroatoms. The lowest BCUT2D eigenvalue weighted by Gasteiger charge is -2.72. The molecule has 7 fully saturated rings. The van der Waals surface area contributed by atoms with Gasteiger partial charge in [-0.1, -0.05) is 66.2 Å². The summed E-state index contributed by atoms with van der Waals surface area (Å²) in [6, 6.07) is 0. The number of aliphatic hydroxyl groups excluding tert-OH is 11. The number of fused-ring (bicyclic) bond motifs is 7. The second-order valence-electron chi connectivity index (χ2n) is 24.7. The summed E-state index contributed by atoms with van der Waals surface area (Å²) in [4.78, 5) is 26.2. The van der Waals surface area contributed by atoms with E-state index in [1.807, 2.05) is 13.8 Å². The van der Waals surface area contributed by atoms with Crippen LogP contribution >= 0.6 is 0 Å². The molecule has 8 aliphatic rings. The maximum atomic E-state index is 13.4. The smallest absolute Gasteiger partial charge is 0.335 e. The van der Waals surface area contributed by atoms with Gasteiger partial charge in [0.2, 0.25) is 0 Å². The first-order valence-corrected chi connectivity index (χ1v) is 26.0. The van der Waals surface area contributed by atoms with E-state index in [4.69, 9.17) is 33.2 Å². The summed E-state index contributed by atoms with van der Waals surface area (Å²) in [5.41, 5.74) is -2.73. The van der Waals surface area contributed by atoms with Gasteiger partial charge in [0.15, 0.2) is 25.0 Å². The molecule has 73 heavy (non-hydrogen) atoms. The van der Waals surface area contributed by atoms with E-state index in [1.54, 1.807) is 19.9 Å². The summed E-state index contributed by atoms with van der Waals surface area (Å²) in [5.74, 6) is -2.66. The molecule has 3 heterocycles. The number of ether oxygens (including phenoxy) is 7. The van der Waals surface area contributed by atoms with Crippen molar-refractivity contribution in [2.24, 2.45) is 50.2 Å². The molecule has 25 atom stereocenters. The van der Waals surface area contributed by atoms with Gasteiger partial charge in [-0.05, 0) is 104 Å². The molecule has 0 radical (unpaired) electrons. The molecule has 0 aromatic rings. The number of rotatable bonds is 11. The molecule has 4 saturated carbocycles. The molecule has 3 saturated heterocycles. The quantitative estimate of drug-likeness (QED) is 0.0551. The first-order valence-electron chi connectivity index (χ1n) is 26.0. The third-order valence-corrected chi connectivity index (χ3v) is 20.3. The fourth-order valence-electron chi connectivity index (χ4n) is 15.6. The van der Waals surface area contributed by atoms with E-state index in [1.165, 1.54) is 0 Å². The molecule has 8 rings (SSSR count). The van der Waals surface area contributed by atoms with E-state index in [0.717, 1.165) is 5.57 Å². The zero-order valence-electron chi connectivity index (χ0n) is 43.4. The normalized spacial score (nSPS) is 51.6. The minimum atomic E-state index is -2.09. The molecule has 0 unspecified atom stereocenters. The van der Waals surface area contributed by atoms with Crippen LogP contribution in [0.5, 0.6) is 0 Å². The van der Waals surface area contributed by atoms with Gasteiger partial charge in [0.05, 0.1) is 43.5 Å². The van der Waals surface area contributed by atoms with Gasteiger partial charge in [0.1, 0.15) is 67.1 Å². The Morgan fingerprint density at radius 2 is 1.41 bits per heavy atom. The predicted octanol–water partition coefficient (Wildman–Crippen LogP) is -0.225. The highest BCUT2D eigenvalue weighted by Crippen LogP contribution is 2.76. The van der Waals surface area contributed by atoms with Crippen molar-refractivity contribution in [3.05, 3.63) is 23.3 Å². The number of carboxylic acid groups (broad SMARTS) is 1. The zero-order valence-corrected chi connectivity index (χ0v) is 43.4. The Bertz CT molecular complexity index is 2100. The average Bonchev–Trinajstić information content (AvgIpc) is 3.32. The molecular formula is C52H82O21. The van der Waals surface area contributed by atoms with Gasteiger partial charge in [-0.25, -0.2) is 9.59 Å². The van der Waals surface area contributed by atoms with E-state index in [9.17, 15) is 70.9 Å². The highest BCUT2D eigenvalue weighted by molar-refractivity contribution is 5.87. The van der Waals surface area contributed by atoms with Crippen molar-refractivity contribution in [2.45, 2.75) is 218 Å². The van der Waals surface area contributed by atoms with Crippen molar-refractivity contribution in [1.29, 1.82) is 0 Å². The maximum Gasteiger partial charge on any atom is 0.335 e. The van der Waals surface area contributed by atoms with Gasteiger partial charge >= 0.3 is 11.9 Å². The van der Waals surface area contributed by atoms with Gasteiger partial charge in [-0.15, -0.1) is 0 Å². The van der Waals surface area contributed by atoms with E-state index >= 15 is 0 Å². The molecule has 0 spiro atoms. The van der Waals surface area contributed by atoms with E-state index in [-0.39, 0.29) is 23.7 Å². The number of allylic oxidation sites excluding steroid dienone is 3. The van der Waals surface area contributed by atoms with Crippen LogP contribution in [0.15, 0.2) is 23.3 Å². The number of aliphatic hydroxyl groups is 11. The van der Waals surface area contributed by atoms with Crippen LogP contribution in [0.3, 0.4) is 0 Å². The second-order valence-corrected chi connectivity index (χ2v) is 24.7. The summed E-state index contributed by atoms with van der Waals surface area (Å²) in [6.45, 7) is 16.3. The van der Waals surface area contributed by atoms with E-state index in [2.05, 4.69) is 40.7 Å². The Morgan fingerprint density at radius 1 is 0.753 bits per heavy atom. The number of esters is 1. The van der Waals surface area contributed by atoms with Crippen LogP contribution in [0.2, 0.25) is 0 Å². The lowest BCUT2D eigenvalue weighted by atomic mass is 9.33. The molecule has 0 amide bonds. The van der Waals surface area contributed by atoms with Crippen molar-refractivity contribution >= 4 is 11.9 Å². The van der Waals surface area contributed by atoms with Crippen LogP contribution in [0.25, 0.3) is 0 Å². The number of hydrogen-bond acceptors (Lipinski definition) is 20. The Hall–Kier alpha value is -2.26. The van der Waals surface area contributed by atoms with Crippen LogP contribution in [0, 0.1) is 50.2 Å². The highest BCUT2D eigenvalue weighted by atomic mass is 16.8. The fourth-order valence-corrected chi connectivity index (χ4v) is 15.6. The summed E-state index contributed by atoms with van der Waals surface area (Å²) < 4.78 is 42.5. The Balaban J connectivity index is 1.11. The number of carbonyl (C=O) groups excluding carboxylic acids is 1. The van der Waals surface area contributed by atoms with E-state index < -0.39 is 175 Å². The van der Waals surface area contributed by atoms with Crippen LogP contribution in [0.4, 0.5) is 0 Å². The third kappa shape index (κ3) is 8.89. The third-order valence-electron chi connectivity index (χ3n) is 20.3. The molecule has 416 valence electrons. The van der Waals surface area contributed by atoms with Crippen molar-refractivity contribution in [3.8, 4) is 0 Å². The van der Waals surface area contributed by atoms with Crippen molar-refractivity contribution in [2.75, 3.05) is 19.8 Å². The predicted molar refractivity (Wildman–Crippen MR) is 252 cm³/mol. The standard InChI is InChI=1S/C52H82O21/c1-10-22(2)43(66)73-41-40(63)47(3,4)17-24-23-11-12-28-49(7)15-14-30(48(5,6)27(49)13-16-50(28,8)51(23,9)18-29(56)52(24,41)21-54)69-46-39(72-45-35(61)33(59)32(58)26(19-53)68-45)37(36(62)38(71-46)42(64)65)70-44-34(60)31(57)25(55)20-67-44/h10-11,24-41,44-46,53-63H,12-21H2,1-9H3,(H,64,65)/b22-10-/t24-,25-,26+,27-,28+,29+,30-,31-,32+,33-,34+,35+,36-,37-,38-,39+,40-,41-,44-,45-,46+,49-,50+,51+,52-/m0/s1. The number of carbonyl (C=O) groups is 2. The molecule has 12 N–H and O–H groups in total. The van der Waals surface area contributed by atoms with Crippen LogP contribution in [-0.2, 0) is 42.7 Å². The first kappa shape index (κ1) is 56.9. The summed E-state index contributed by atoms with van der Waals surface area (Å²) in [7, 11) is 0. The van der Waals surface area contributed by atoms with Crippen LogP contribution < -0.4 is 0 Å². The van der Waals surface area contributed by atoms with Gasteiger partial charge in [0, 0.05) is 5.57 Å². The summed E-state index contributed by atoms with van der Waals surface area (Å²) >= 11 is 0. The van der Waals surface area contributed by atoms with Gasteiger partial charge in [-0.3, -0.25) is 0 Å². The van der Waals surface area contributed by atoms with Crippen LogP contribution in [-0.4, -0.2) is 203 Å². The van der Waals surface area contributed by atoms with Crippen molar-refractivity contribution < 1.29 is 104 Å². The SMILES string of the molecule is C/C=C(/C)C(=O)O[C@H]1[C@H](O)C(C)(C)C[C@H]2C3=CC[C@@H]4[C@@]5(C)CC[C@H](O[C@@H]6O[C@H](C(=O)O)[C@@H](O)[C@H](O[C@@H]7OC[C@H](O)[C@H](O)[C@H]7O)[C@H]6O[C@@H]6O[C@H](CO)[C@@H](O)[C@H](O)[C@H]6O)C(C)(C)[C@@H]5CC[C@@]4(C)[C@]3(C)C[C@@H](O)[C@]21CO. The van der Waals surface area contributed by atoms with Gasteiger partial charge < -0.3 is 94.4 Å². The Kier molecular flexibility index (Phi) is 15.7. The lowest BCUT2D eigenvalue weighted by molar-refractivity contribution is -0.392. The molecule has 0 aromatic heterocycles. The minimum Gasteiger partial charge on any atom is -0.479 e. The molecule has 21 nitrogen and oxygen atoms in total. The Labute approximate surface area is 426 Å². The van der Waals surface area contributed by atoms with Gasteiger partial charge in [-0.2, -0.15) is 0 Å². The lowest BCUT2D eigenvalue weighted by Crippen LogP contribution is -2.72. The number of carboxylic acids is 1. The van der Waals surface area contributed by atoms with Crippen molar-refractivity contribution in [1.82, 2.24) is 0 Å². The highest BCUT2D eigenvalue weighted by Gasteiger charge is 2.73. The molecule has 0 aromatic carbocycles. The number of aliphatic carboxylic acids is 1. The zero-order chi connectivity index (χ0) is 53.9. The largest absolute Gasteiger partial charge is 0.479 e. The fraction of sp³-hybridized carbons (Fsp3) is 0.885. The first-order chi connectivity index (χ1) is 34.0. The monoisotopic (exact) mass is 1040 g/mol. The van der Waals surface area contributed by atoms with E-state index in [0.29, 0.717) is 44.1 Å². The Morgan fingerprint density at radius 3 is 2.04 bits per heavy atom. The maximum absolute atomic E-state index is 13.4. The molecule has 3 aliphatic heterocycles. The van der Waals surface area contributed by atoms with Gasteiger partial charge in [0.25, 0.3) is 0 Å². The minimum absolute atomic E-state index is 0.0390. The van der Waals surface area contributed by atoms with Crippen LogP contribution in [0.1, 0.15) is 107 Å². The average molecular weight is 1040 g/mol. The molecule has 0 bridgehead atoms. The second kappa shape index (κ2) is 20.2. The molecular weight excluding hydrogens is 961 g/mol. The summed E-state index contributed by atoms with van der Waals surface area (Å²) in [5, 5.41) is 132. The number of hydrogen-bond donors (Lipinski definition) is 12. The van der Waals surface area contributed by atoms with Crippen molar-refractivity contribution in [3.63, 3.8) is 0 Å². The summed E-state index contributed by atoms with van der Waals surface area (Å²) in [6.07, 6.45) is -21.9.